The number of hydrogen-bond acceptors (Lipinski definition) is 6. The number of aromatic nitrogens is 1. The molecule has 0 bridgehead atoms. The molecule has 0 aliphatic carbocycles. The van der Waals surface area contributed by atoms with Crippen molar-refractivity contribution in [2.75, 3.05) is 24.7 Å². The van der Waals surface area contributed by atoms with Gasteiger partial charge in [0, 0.05) is 29.6 Å². The molecule has 4 rings (SSSR count). The van der Waals surface area contributed by atoms with Crippen LogP contribution in [0.3, 0.4) is 0 Å². The van der Waals surface area contributed by atoms with Crippen LogP contribution in [-0.2, 0) is 13.6 Å². The van der Waals surface area contributed by atoms with E-state index in [0.717, 1.165) is 5.56 Å². The number of halogens is 1. The van der Waals surface area contributed by atoms with E-state index in [2.05, 4.69) is 5.32 Å². The van der Waals surface area contributed by atoms with E-state index in [1.54, 1.807) is 32.2 Å². The van der Waals surface area contributed by atoms with E-state index in [-0.39, 0.29) is 37.6 Å². The SMILES string of the molecule is CCOP(=O)(C[C@H](O)C[C@H](O)/C=C/n1c(-c2ccc(F)cc2)c(-c2ccccc2)c(C(=O)Nc2ccccc2)c1C(C)C)OCC. The number of aliphatic hydroxyl groups excluding tert-OH is 2. The maximum Gasteiger partial charge on any atom is 0.333 e. The highest BCUT2D eigenvalue weighted by atomic mass is 31.2. The van der Waals surface area contributed by atoms with Gasteiger partial charge in [0.2, 0.25) is 0 Å². The summed E-state index contributed by atoms with van der Waals surface area (Å²) in [6, 6.07) is 24.7. The fraction of sp³-hybridized carbons (Fsp3) is 0.306. The van der Waals surface area contributed by atoms with E-state index in [1.165, 1.54) is 18.2 Å². The van der Waals surface area contributed by atoms with E-state index in [0.29, 0.717) is 33.8 Å². The fourth-order valence-corrected chi connectivity index (χ4v) is 7.20. The van der Waals surface area contributed by atoms with Gasteiger partial charge in [-0.05, 0) is 73.4 Å². The van der Waals surface area contributed by atoms with Gasteiger partial charge in [-0.15, -0.1) is 0 Å². The molecule has 0 spiro atoms. The highest BCUT2D eigenvalue weighted by Crippen LogP contribution is 2.49. The minimum atomic E-state index is -3.52. The van der Waals surface area contributed by atoms with Crippen LogP contribution in [0.15, 0.2) is 91.0 Å². The molecule has 1 heterocycles. The van der Waals surface area contributed by atoms with Crippen LogP contribution in [0.25, 0.3) is 28.6 Å². The van der Waals surface area contributed by atoms with Gasteiger partial charge in [0.05, 0.1) is 42.8 Å². The third-order valence-electron chi connectivity index (χ3n) is 7.29. The van der Waals surface area contributed by atoms with Gasteiger partial charge in [-0.2, -0.15) is 0 Å². The van der Waals surface area contributed by atoms with Gasteiger partial charge < -0.3 is 29.1 Å². The van der Waals surface area contributed by atoms with E-state index in [1.807, 2.05) is 79.1 Å². The predicted molar refractivity (Wildman–Crippen MR) is 181 cm³/mol. The smallest absolute Gasteiger partial charge is 0.333 e. The Morgan fingerprint density at radius 2 is 1.50 bits per heavy atom. The van der Waals surface area contributed by atoms with Crippen LogP contribution < -0.4 is 5.32 Å². The topological polar surface area (TPSA) is 110 Å². The second-order valence-corrected chi connectivity index (χ2v) is 13.2. The van der Waals surface area contributed by atoms with Gasteiger partial charge in [-0.25, -0.2) is 4.39 Å². The summed E-state index contributed by atoms with van der Waals surface area (Å²) >= 11 is 0. The normalized spacial score (nSPS) is 13.3. The number of carbonyl (C=O) groups is 1. The van der Waals surface area contributed by atoms with Crippen molar-refractivity contribution in [3.63, 3.8) is 0 Å². The Balaban J connectivity index is 1.85. The zero-order valence-corrected chi connectivity index (χ0v) is 27.5. The van der Waals surface area contributed by atoms with Crippen LogP contribution in [0.5, 0.6) is 0 Å². The molecule has 8 nitrogen and oxygen atoms in total. The first-order chi connectivity index (χ1) is 22.1. The van der Waals surface area contributed by atoms with Crippen LogP contribution in [0.2, 0.25) is 0 Å². The third kappa shape index (κ3) is 8.69. The molecule has 0 saturated heterocycles. The van der Waals surface area contributed by atoms with Crippen LogP contribution in [-0.4, -0.2) is 52.3 Å². The van der Waals surface area contributed by atoms with Crippen LogP contribution in [0.1, 0.15) is 56.1 Å². The van der Waals surface area contributed by atoms with E-state index >= 15 is 0 Å². The molecule has 46 heavy (non-hydrogen) atoms. The molecule has 0 saturated carbocycles. The summed E-state index contributed by atoms with van der Waals surface area (Å²) < 4.78 is 39.5. The van der Waals surface area contributed by atoms with E-state index in [9.17, 15) is 24.0 Å². The lowest BCUT2D eigenvalue weighted by Gasteiger charge is -2.21. The predicted octanol–water partition coefficient (Wildman–Crippen LogP) is 8.19. The number of anilines is 1. The number of nitrogens with one attached hydrogen (secondary N) is 1. The lowest BCUT2D eigenvalue weighted by atomic mass is 9.94. The molecular formula is C36H42FN2O6P. The number of benzene rings is 3. The Labute approximate surface area is 270 Å². The van der Waals surface area contributed by atoms with Crippen molar-refractivity contribution < 1.29 is 33.0 Å². The van der Waals surface area contributed by atoms with Crippen molar-refractivity contribution in [2.45, 2.75) is 52.2 Å². The van der Waals surface area contributed by atoms with Crippen molar-refractivity contribution in [1.29, 1.82) is 0 Å². The first-order valence-corrected chi connectivity index (χ1v) is 17.2. The lowest BCUT2D eigenvalue weighted by Crippen LogP contribution is -2.21. The highest BCUT2D eigenvalue weighted by molar-refractivity contribution is 7.53. The molecular weight excluding hydrogens is 606 g/mol. The maximum atomic E-state index is 14.2. The van der Waals surface area contributed by atoms with Gasteiger partial charge in [0.25, 0.3) is 5.91 Å². The lowest BCUT2D eigenvalue weighted by molar-refractivity contribution is 0.102. The number of rotatable bonds is 15. The molecule has 0 radical (unpaired) electrons. The number of para-hydroxylation sites is 1. The Morgan fingerprint density at radius 3 is 2.07 bits per heavy atom. The van der Waals surface area contributed by atoms with Gasteiger partial charge in [-0.3, -0.25) is 9.36 Å². The van der Waals surface area contributed by atoms with Crippen molar-refractivity contribution in [2.24, 2.45) is 0 Å². The molecule has 4 aromatic rings. The monoisotopic (exact) mass is 648 g/mol. The van der Waals surface area contributed by atoms with Gasteiger partial charge in [0.1, 0.15) is 5.82 Å². The summed E-state index contributed by atoms with van der Waals surface area (Å²) in [6.07, 6.45) is 0.489. The van der Waals surface area contributed by atoms with Crippen molar-refractivity contribution in [3.05, 3.63) is 108 Å². The first kappa shape index (κ1) is 35.0. The second kappa shape index (κ2) is 16.1. The summed E-state index contributed by atoms with van der Waals surface area (Å²) in [5.74, 6) is -0.878. The second-order valence-electron chi connectivity index (χ2n) is 11.1. The number of aliphatic hydroxyl groups is 2. The van der Waals surface area contributed by atoms with Gasteiger partial charge in [-0.1, -0.05) is 62.4 Å². The van der Waals surface area contributed by atoms with Crippen molar-refractivity contribution >= 4 is 25.4 Å². The summed E-state index contributed by atoms with van der Waals surface area (Å²) in [4.78, 5) is 14.2. The third-order valence-corrected chi connectivity index (χ3v) is 9.46. The number of amides is 1. The van der Waals surface area contributed by atoms with E-state index < -0.39 is 25.6 Å². The Bertz CT molecular complexity index is 1650. The average molecular weight is 649 g/mol. The first-order valence-electron chi connectivity index (χ1n) is 15.4. The minimum absolute atomic E-state index is 0.127. The molecule has 2 atom stereocenters. The molecule has 10 heteroatoms. The van der Waals surface area contributed by atoms with Crippen LogP contribution >= 0.6 is 7.60 Å². The molecule has 3 aromatic carbocycles. The Kier molecular flexibility index (Phi) is 12.3. The maximum absolute atomic E-state index is 14.2. The fourth-order valence-electron chi connectivity index (χ4n) is 5.46. The molecule has 1 aromatic heterocycles. The standard InChI is InChI=1S/C36H42FN2O6P/c1-5-44-46(43,45-6-2)24-31(41)23-30(40)21-22-39-34(25(3)4)33(36(42)38-29-15-11-8-12-16-29)32(26-13-9-7-10-14-26)35(39)27-17-19-28(37)20-18-27/h7-22,25,30-31,40-41H,5-6,23-24H2,1-4H3,(H,38,42)/b22-21+/t30-,31-/m1/s1. The molecule has 0 aliphatic rings. The molecule has 1 amide bonds. The van der Waals surface area contributed by atoms with Crippen LogP contribution in [0.4, 0.5) is 10.1 Å². The number of nitrogens with zero attached hydrogens (tertiary/aromatic N) is 1. The molecule has 3 N–H and O–H groups in total. The summed E-state index contributed by atoms with van der Waals surface area (Å²) in [6.45, 7) is 7.65. The van der Waals surface area contributed by atoms with Crippen LogP contribution in [0, 0.1) is 5.82 Å². The quantitative estimate of drug-likeness (QED) is 0.112. The van der Waals surface area contributed by atoms with Crippen molar-refractivity contribution in [1.82, 2.24) is 4.57 Å². The Hall–Kier alpha value is -3.85. The average Bonchev–Trinajstić information content (AvgIpc) is 3.37. The zero-order chi connectivity index (χ0) is 33.3. The summed E-state index contributed by atoms with van der Waals surface area (Å²) in [5.41, 5.74) is 4.48. The minimum Gasteiger partial charge on any atom is -0.392 e. The zero-order valence-electron chi connectivity index (χ0n) is 26.6. The number of hydrogen-bond donors (Lipinski definition) is 3. The summed E-state index contributed by atoms with van der Waals surface area (Å²) in [7, 11) is -3.52. The largest absolute Gasteiger partial charge is 0.392 e. The summed E-state index contributed by atoms with van der Waals surface area (Å²) in [5, 5.41) is 24.7. The van der Waals surface area contributed by atoms with Crippen molar-refractivity contribution in [3.8, 4) is 22.4 Å². The highest BCUT2D eigenvalue weighted by Gasteiger charge is 2.31. The molecule has 0 aliphatic heterocycles. The van der Waals surface area contributed by atoms with E-state index in [4.69, 9.17) is 9.05 Å². The van der Waals surface area contributed by atoms with Gasteiger partial charge >= 0.3 is 7.60 Å². The Morgan fingerprint density at radius 1 is 0.913 bits per heavy atom. The molecule has 244 valence electrons. The number of carbonyl (C=O) groups excluding carboxylic acids is 1. The molecule has 0 unspecified atom stereocenters. The molecule has 0 fully saturated rings. The van der Waals surface area contributed by atoms with Gasteiger partial charge in [0.15, 0.2) is 0 Å².